The topological polar surface area (TPSA) is 88.2 Å². The third-order valence-electron chi connectivity index (χ3n) is 6.66. The molecule has 0 unspecified atom stereocenters. The van der Waals surface area contributed by atoms with Crippen LogP contribution >= 0.6 is 11.6 Å². The minimum absolute atomic E-state index is 0.225. The van der Waals surface area contributed by atoms with Gasteiger partial charge in [0.25, 0.3) is 0 Å². The van der Waals surface area contributed by atoms with E-state index in [0.29, 0.717) is 34.5 Å². The maximum atomic E-state index is 12.4. The smallest absolute Gasteiger partial charge is 0.324 e. The first kappa shape index (κ1) is 25.5. The predicted molar refractivity (Wildman–Crippen MR) is 139 cm³/mol. The lowest BCUT2D eigenvalue weighted by Crippen LogP contribution is -2.45. The van der Waals surface area contributed by atoms with Crippen molar-refractivity contribution in [1.82, 2.24) is 9.97 Å². The van der Waals surface area contributed by atoms with Gasteiger partial charge in [-0.1, -0.05) is 44.5 Å². The number of aromatic nitrogens is 2. The van der Waals surface area contributed by atoms with E-state index >= 15 is 0 Å². The number of hydrogen-bond donors (Lipinski definition) is 3. The average Bonchev–Trinajstić information content (AvgIpc) is 2.71. The number of halogens is 1. The highest BCUT2D eigenvalue weighted by molar-refractivity contribution is 6.74. The average molecular weight is 490 g/mol. The van der Waals surface area contributed by atoms with Crippen molar-refractivity contribution in [1.29, 1.82) is 0 Å². The molecule has 1 aliphatic rings. The molecule has 180 valence electrons. The third kappa shape index (κ3) is 6.91. The van der Waals surface area contributed by atoms with Gasteiger partial charge in [-0.25, -0.2) is 14.8 Å². The van der Waals surface area contributed by atoms with Crippen molar-refractivity contribution < 1.29 is 9.22 Å². The van der Waals surface area contributed by atoms with Crippen LogP contribution in [0.2, 0.25) is 23.2 Å². The third-order valence-corrected chi connectivity index (χ3v) is 11.5. The van der Waals surface area contributed by atoms with Crippen LogP contribution < -0.4 is 16.0 Å². The molecule has 0 spiro atoms. The lowest BCUT2D eigenvalue weighted by molar-refractivity contribution is 0.133. The Morgan fingerprint density at radius 2 is 1.76 bits per heavy atom. The van der Waals surface area contributed by atoms with Crippen molar-refractivity contribution in [2.75, 3.05) is 16.0 Å². The summed E-state index contributed by atoms with van der Waals surface area (Å²) in [5, 5.41) is 9.75. The summed E-state index contributed by atoms with van der Waals surface area (Å²) in [6.07, 6.45) is 5.92. The van der Waals surface area contributed by atoms with Gasteiger partial charge in [-0.2, -0.15) is 0 Å². The Morgan fingerprint density at radius 1 is 1.09 bits per heavy atom. The minimum atomic E-state index is -1.74. The summed E-state index contributed by atoms with van der Waals surface area (Å²) in [5.41, 5.74) is 1.47. The molecule has 2 aromatic rings. The number of hydrogen-bond acceptors (Lipinski definition) is 5. The van der Waals surface area contributed by atoms with Gasteiger partial charge < -0.3 is 15.1 Å². The van der Waals surface area contributed by atoms with Gasteiger partial charge in [0.05, 0.1) is 10.7 Å². The molecule has 1 heterocycles. The van der Waals surface area contributed by atoms with Crippen LogP contribution in [0, 0.1) is 6.92 Å². The molecule has 9 heteroatoms. The number of para-hydroxylation sites is 1. The fraction of sp³-hybridized carbons (Fsp3) is 0.542. The van der Waals surface area contributed by atoms with Gasteiger partial charge in [-0.15, -0.1) is 0 Å². The van der Waals surface area contributed by atoms with Crippen molar-refractivity contribution in [3.05, 3.63) is 41.2 Å². The number of anilines is 3. The zero-order valence-corrected chi connectivity index (χ0v) is 22.2. The molecule has 1 aromatic heterocycles. The zero-order chi connectivity index (χ0) is 24.2. The number of rotatable bonds is 6. The van der Waals surface area contributed by atoms with Crippen LogP contribution in [0.3, 0.4) is 0 Å². The molecule has 2 amide bonds. The highest BCUT2D eigenvalue weighted by atomic mass is 35.5. The van der Waals surface area contributed by atoms with E-state index in [4.69, 9.17) is 16.0 Å². The van der Waals surface area contributed by atoms with Gasteiger partial charge >= 0.3 is 6.03 Å². The van der Waals surface area contributed by atoms with E-state index in [1.165, 1.54) is 6.33 Å². The molecule has 0 radical (unpaired) electrons. The first-order valence-electron chi connectivity index (χ1n) is 11.5. The summed E-state index contributed by atoms with van der Waals surface area (Å²) in [6, 6.07) is 7.14. The van der Waals surface area contributed by atoms with Crippen molar-refractivity contribution in [3.8, 4) is 0 Å². The van der Waals surface area contributed by atoms with Gasteiger partial charge in [0.1, 0.15) is 18.0 Å². The SMILES string of the molecule is Cc1cccc(Cl)c1NC(=O)Nc1cc(N[C@H]2CC[C@H](O[Si](C)(C)C(C)(C)C)CC2)ncn1. The molecule has 3 rings (SSSR count). The highest BCUT2D eigenvalue weighted by Crippen LogP contribution is 2.39. The van der Waals surface area contributed by atoms with E-state index in [1.807, 2.05) is 19.1 Å². The minimum Gasteiger partial charge on any atom is -0.414 e. The predicted octanol–water partition coefficient (Wildman–Crippen LogP) is 6.83. The molecule has 0 saturated heterocycles. The van der Waals surface area contributed by atoms with Crippen LogP contribution in [-0.4, -0.2) is 36.5 Å². The van der Waals surface area contributed by atoms with E-state index in [9.17, 15) is 4.79 Å². The quantitative estimate of drug-likeness (QED) is 0.387. The van der Waals surface area contributed by atoms with Gasteiger partial charge in [-0.05, 0) is 62.4 Å². The number of benzene rings is 1. The molecular weight excluding hydrogens is 454 g/mol. The van der Waals surface area contributed by atoms with Crippen LogP contribution in [-0.2, 0) is 4.43 Å². The summed E-state index contributed by atoms with van der Waals surface area (Å²) >= 11 is 6.19. The Morgan fingerprint density at radius 3 is 2.39 bits per heavy atom. The number of nitrogens with zero attached hydrogens (tertiary/aromatic N) is 2. The molecular formula is C24H36ClN5O2Si. The molecule has 1 saturated carbocycles. The van der Waals surface area contributed by atoms with E-state index < -0.39 is 14.3 Å². The summed E-state index contributed by atoms with van der Waals surface area (Å²) < 4.78 is 6.59. The molecule has 33 heavy (non-hydrogen) atoms. The molecule has 0 bridgehead atoms. The molecule has 1 fully saturated rings. The number of amides is 2. The Kier molecular flexibility index (Phi) is 8.03. The van der Waals surface area contributed by atoms with E-state index in [0.717, 1.165) is 31.2 Å². The van der Waals surface area contributed by atoms with Crippen molar-refractivity contribution in [2.24, 2.45) is 0 Å². The van der Waals surface area contributed by atoms with E-state index in [1.54, 1.807) is 12.1 Å². The number of carbonyl (C=O) groups is 1. The summed E-state index contributed by atoms with van der Waals surface area (Å²) in [6.45, 7) is 13.4. The number of nitrogens with one attached hydrogen (secondary N) is 3. The van der Waals surface area contributed by atoms with Crippen LogP contribution in [0.5, 0.6) is 0 Å². The van der Waals surface area contributed by atoms with Crippen molar-refractivity contribution in [3.63, 3.8) is 0 Å². The van der Waals surface area contributed by atoms with Crippen molar-refractivity contribution >= 4 is 43.3 Å². The van der Waals surface area contributed by atoms with Crippen molar-refractivity contribution in [2.45, 2.75) is 83.7 Å². The number of aryl methyl sites for hydroxylation is 1. The first-order chi connectivity index (χ1) is 15.4. The van der Waals surface area contributed by atoms with Gasteiger partial charge in [0, 0.05) is 18.2 Å². The van der Waals surface area contributed by atoms with Crippen LogP contribution in [0.25, 0.3) is 0 Å². The molecule has 1 aliphatic carbocycles. The Bertz CT molecular complexity index is 951. The maximum Gasteiger partial charge on any atom is 0.324 e. The molecule has 0 atom stereocenters. The van der Waals surface area contributed by atoms with E-state index in [2.05, 4.69) is 59.8 Å². The highest BCUT2D eigenvalue weighted by Gasteiger charge is 2.39. The lowest BCUT2D eigenvalue weighted by atomic mass is 9.93. The van der Waals surface area contributed by atoms with Crippen LogP contribution in [0.1, 0.15) is 52.0 Å². The number of carbonyl (C=O) groups excluding carboxylic acids is 1. The Hall–Kier alpha value is -2.16. The molecule has 0 aliphatic heterocycles. The maximum absolute atomic E-state index is 12.4. The fourth-order valence-corrected chi connectivity index (χ4v) is 5.38. The first-order valence-corrected chi connectivity index (χ1v) is 14.8. The normalized spacial score (nSPS) is 19.1. The van der Waals surface area contributed by atoms with Crippen LogP contribution in [0.4, 0.5) is 22.1 Å². The van der Waals surface area contributed by atoms with Gasteiger partial charge in [-0.3, -0.25) is 5.32 Å². The largest absolute Gasteiger partial charge is 0.414 e. The monoisotopic (exact) mass is 489 g/mol. The molecule has 7 nitrogen and oxygen atoms in total. The van der Waals surface area contributed by atoms with E-state index in [-0.39, 0.29) is 5.04 Å². The number of urea groups is 1. The van der Waals surface area contributed by atoms with Crippen LogP contribution in [0.15, 0.2) is 30.6 Å². The molecule has 1 aromatic carbocycles. The molecule has 3 N–H and O–H groups in total. The lowest BCUT2D eigenvalue weighted by Gasteiger charge is -2.41. The second-order valence-electron chi connectivity index (χ2n) is 10.3. The van der Waals surface area contributed by atoms with Gasteiger partial charge in [0.15, 0.2) is 8.32 Å². The fourth-order valence-electron chi connectivity index (χ4n) is 3.68. The Labute approximate surface area is 203 Å². The summed E-state index contributed by atoms with van der Waals surface area (Å²) in [7, 11) is -1.74. The summed E-state index contributed by atoms with van der Waals surface area (Å²) in [5.74, 6) is 1.12. The Balaban J connectivity index is 1.52. The zero-order valence-electron chi connectivity index (χ0n) is 20.5. The van der Waals surface area contributed by atoms with Gasteiger partial charge in [0.2, 0.25) is 0 Å². The standard InChI is InChI=1S/C24H36ClN5O2Si/c1-16-8-7-9-19(25)22(16)30-23(31)29-21-14-20(26-15-27-21)28-17-10-12-18(13-11-17)32-33(5,6)24(2,3)4/h7-9,14-15,17-18H,10-13H2,1-6H3,(H3,26,27,28,29,30,31)/t17-,18-. The summed E-state index contributed by atoms with van der Waals surface area (Å²) in [4.78, 5) is 20.9. The second kappa shape index (κ2) is 10.4. The second-order valence-corrected chi connectivity index (χ2v) is 15.5.